The molecule has 0 aromatic heterocycles. The molecule has 0 radical (unpaired) electrons. The minimum absolute atomic E-state index is 0.0362. The molecule has 0 rings (SSSR count). The molecular weight excluding hydrogens is 286 g/mol. The second-order valence-electron chi connectivity index (χ2n) is 6.20. The predicted molar refractivity (Wildman–Crippen MR) is 85.6 cm³/mol. The molecule has 0 saturated carbocycles. The van der Waals surface area contributed by atoms with Crippen LogP contribution in [0.3, 0.4) is 0 Å². The van der Waals surface area contributed by atoms with Gasteiger partial charge in [0, 0.05) is 6.54 Å². The van der Waals surface area contributed by atoms with Crippen LogP contribution in [0.4, 0.5) is 0 Å². The van der Waals surface area contributed by atoms with Crippen molar-refractivity contribution in [2.24, 2.45) is 5.92 Å². The Morgan fingerprint density at radius 3 is 2.23 bits per heavy atom. The number of rotatable bonds is 12. The highest BCUT2D eigenvalue weighted by Gasteiger charge is 2.34. The summed E-state index contributed by atoms with van der Waals surface area (Å²) in [7, 11) is 3.52. The molecule has 3 atom stereocenters. The molecule has 0 saturated heterocycles. The van der Waals surface area contributed by atoms with Crippen LogP contribution in [0.5, 0.6) is 0 Å². The highest BCUT2D eigenvalue weighted by Crippen LogP contribution is 2.19. The van der Waals surface area contributed by atoms with E-state index in [-0.39, 0.29) is 5.92 Å². The van der Waals surface area contributed by atoms with Crippen LogP contribution in [-0.2, 0) is 9.59 Å². The van der Waals surface area contributed by atoms with Gasteiger partial charge in [0.05, 0.1) is 0 Å². The zero-order valence-electron chi connectivity index (χ0n) is 14.3. The molecule has 0 fully saturated rings. The van der Waals surface area contributed by atoms with Crippen LogP contribution >= 0.6 is 0 Å². The minimum Gasteiger partial charge on any atom is -0.480 e. The lowest BCUT2D eigenvalue weighted by Gasteiger charge is -2.32. The minimum atomic E-state index is -0.868. The molecule has 0 aromatic rings. The first-order chi connectivity index (χ1) is 10.2. The summed E-state index contributed by atoms with van der Waals surface area (Å²) >= 11 is 0. The van der Waals surface area contributed by atoms with E-state index >= 15 is 0 Å². The Balaban J connectivity index is 4.08. The fourth-order valence-electron chi connectivity index (χ4n) is 2.07. The van der Waals surface area contributed by atoms with Gasteiger partial charge in [-0.2, -0.15) is 0 Å². The molecule has 22 heavy (non-hydrogen) atoms. The number of nitrogens with zero attached hydrogens (tertiary/aromatic N) is 1. The third-order valence-corrected chi connectivity index (χ3v) is 4.40. The summed E-state index contributed by atoms with van der Waals surface area (Å²) in [5.41, 5.74) is 4.90. The summed E-state index contributed by atoms with van der Waals surface area (Å²) in [5.74, 6) is -1.66. The van der Waals surface area contributed by atoms with Crippen LogP contribution in [0.25, 0.3) is 0 Å². The number of unbranched alkanes of at least 4 members (excludes halogenated alkanes) is 1. The molecular formula is C15H31N3O4. The first-order valence-electron chi connectivity index (χ1n) is 7.78. The number of hydrogen-bond acceptors (Lipinski definition) is 5. The van der Waals surface area contributed by atoms with Gasteiger partial charge in [-0.3, -0.25) is 19.9 Å². The normalized spacial score (nSPS) is 17.0. The summed E-state index contributed by atoms with van der Waals surface area (Å²) in [4.78, 5) is 24.2. The molecule has 0 amide bonds. The summed E-state index contributed by atoms with van der Waals surface area (Å²) in [6.07, 6.45) is 2.85. The van der Waals surface area contributed by atoms with Gasteiger partial charge in [-0.25, -0.2) is 5.43 Å². The topological polar surface area (TPSA) is 102 Å². The number of likely N-dealkylation sites (N-methyl/N-ethyl adjacent to an activating group) is 1. The van der Waals surface area contributed by atoms with Crippen molar-refractivity contribution >= 4 is 11.9 Å². The van der Waals surface area contributed by atoms with E-state index in [2.05, 4.69) is 10.9 Å². The third-order valence-electron chi connectivity index (χ3n) is 4.40. The molecule has 0 aliphatic carbocycles. The number of carbonyl (C=O) groups is 2. The molecule has 0 heterocycles. The average Bonchev–Trinajstić information content (AvgIpc) is 2.44. The second-order valence-corrected chi connectivity index (χ2v) is 6.20. The number of hydrazine groups is 1. The van der Waals surface area contributed by atoms with Gasteiger partial charge in [-0.15, -0.1) is 0 Å². The Kier molecular flexibility index (Phi) is 9.24. The smallest absolute Gasteiger partial charge is 0.323 e. The quantitative estimate of drug-likeness (QED) is 0.316. The molecule has 0 bridgehead atoms. The first-order valence-corrected chi connectivity index (χ1v) is 7.78. The van der Waals surface area contributed by atoms with Crippen molar-refractivity contribution in [2.45, 2.75) is 58.0 Å². The van der Waals surface area contributed by atoms with Crippen molar-refractivity contribution in [1.82, 2.24) is 15.8 Å². The second kappa shape index (κ2) is 9.76. The van der Waals surface area contributed by atoms with E-state index in [9.17, 15) is 14.7 Å². The maximum Gasteiger partial charge on any atom is 0.323 e. The van der Waals surface area contributed by atoms with Gasteiger partial charge in [0.2, 0.25) is 0 Å². The lowest BCUT2D eigenvalue weighted by atomic mass is 9.93. The average molecular weight is 317 g/mol. The first kappa shape index (κ1) is 20.8. The Morgan fingerprint density at radius 1 is 1.23 bits per heavy atom. The maximum absolute atomic E-state index is 11.3. The molecule has 0 aliphatic heterocycles. The van der Waals surface area contributed by atoms with Crippen LogP contribution in [0, 0.1) is 5.92 Å². The molecule has 0 unspecified atom stereocenters. The van der Waals surface area contributed by atoms with E-state index in [4.69, 9.17) is 5.11 Å². The summed E-state index contributed by atoms with van der Waals surface area (Å²) in [6.45, 7) is 6.16. The van der Waals surface area contributed by atoms with E-state index in [1.165, 1.54) is 0 Å². The van der Waals surface area contributed by atoms with Gasteiger partial charge in [-0.1, -0.05) is 20.3 Å². The Morgan fingerprint density at radius 2 is 1.82 bits per heavy atom. The summed E-state index contributed by atoms with van der Waals surface area (Å²) in [6, 6.07) is -0.615. The summed E-state index contributed by atoms with van der Waals surface area (Å²) < 4.78 is 0. The zero-order chi connectivity index (χ0) is 17.3. The molecule has 130 valence electrons. The van der Waals surface area contributed by atoms with Gasteiger partial charge < -0.3 is 10.2 Å². The highest BCUT2D eigenvalue weighted by molar-refractivity contribution is 5.78. The van der Waals surface area contributed by atoms with E-state index in [0.29, 0.717) is 13.0 Å². The SMILES string of the molecule is CC[C@H](C)[C@H](NNCCCC[C@@](C)(C(=O)O)N(C)C)C(=O)O. The van der Waals surface area contributed by atoms with Crippen LogP contribution in [0.1, 0.15) is 46.5 Å². The number of carboxylic acid groups (broad SMARTS) is 2. The van der Waals surface area contributed by atoms with E-state index in [1.807, 2.05) is 13.8 Å². The molecule has 7 nitrogen and oxygen atoms in total. The number of hydrogen-bond donors (Lipinski definition) is 4. The molecule has 0 aliphatic rings. The third kappa shape index (κ3) is 6.29. The lowest BCUT2D eigenvalue weighted by Crippen LogP contribution is -2.49. The highest BCUT2D eigenvalue weighted by atomic mass is 16.4. The van der Waals surface area contributed by atoms with E-state index in [1.54, 1.807) is 25.9 Å². The van der Waals surface area contributed by atoms with Crippen molar-refractivity contribution in [1.29, 1.82) is 0 Å². The van der Waals surface area contributed by atoms with Crippen LogP contribution in [0.2, 0.25) is 0 Å². The van der Waals surface area contributed by atoms with Crippen LogP contribution in [-0.4, -0.2) is 59.3 Å². The number of carboxylic acids is 2. The van der Waals surface area contributed by atoms with Crippen LogP contribution < -0.4 is 10.9 Å². The van der Waals surface area contributed by atoms with Gasteiger partial charge in [0.1, 0.15) is 11.6 Å². The fourth-order valence-corrected chi connectivity index (χ4v) is 2.07. The molecule has 4 N–H and O–H groups in total. The Hall–Kier alpha value is -1.18. The number of nitrogens with one attached hydrogen (secondary N) is 2. The van der Waals surface area contributed by atoms with Gasteiger partial charge in [0.25, 0.3) is 0 Å². The van der Waals surface area contributed by atoms with Crippen molar-refractivity contribution in [3.8, 4) is 0 Å². The molecule has 0 spiro atoms. The van der Waals surface area contributed by atoms with Gasteiger partial charge >= 0.3 is 11.9 Å². The molecule has 0 aromatic carbocycles. The predicted octanol–water partition coefficient (Wildman–Crippen LogP) is 1.16. The maximum atomic E-state index is 11.3. The van der Waals surface area contributed by atoms with Crippen molar-refractivity contribution < 1.29 is 19.8 Å². The molecule has 7 heteroatoms. The standard InChI is InChI=1S/C15H31N3O4/c1-6-11(2)12(13(19)20)17-16-10-8-7-9-15(3,14(21)22)18(4)5/h11-12,16-17H,6-10H2,1-5H3,(H,19,20)(H,21,22)/t11-,12-,15-/m0/s1. The van der Waals surface area contributed by atoms with Crippen LogP contribution in [0.15, 0.2) is 0 Å². The van der Waals surface area contributed by atoms with E-state index in [0.717, 1.165) is 19.3 Å². The Labute approximate surface area is 133 Å². The van der Waals surface area contributed by atoms with Gasteiger partial charge in [-0.05, 0) is 46.2 Å². The zero-order valence-corrected chi connectivity index (χ0v) is 14.3. The van der Waals surface area contributed by atoms with Crippen molar-refractivity contribution in [3.05, 3.63) is 0 Å². The lowest BCUT2D eigenvalue weighted by molar-refractivity contribution is -0.149. The van der Waals surface area contributed by atoms with Gasteiger partial charge in [0.15, 0.2) is 0 Å². The number of aliphatic carboxylic acids is 2. The summed E-state index contributed by atoms with van der Waals surface area (Å²) in [5, 5.41) is 18.4. The fraction of sp³-hybridized carbons (Fsp3) is 0.867. The largest absolute Gasteiger partial charge is 0.480 e. The van der Waals surface area contributed by atoms with Crippen molar-refractivity contribution in [2.75, 3.05) is 20.6 Å². The van der Waals surface area contributed by atoms with E-state index < -0.39 is 23.5 Å². The monoisotopic (exact) mass is 317 g/mol. The Bertz CT molecular complexity index is 363. The van der Waals surface area contributed by atoms with Crippen molar-refractivity contribution in [3.63, 3.8) is 0 Å².